The fourth-order valence-electron chi connectivity index (χ4n) is 1.29. The highest BCUT2D eigenvalue weighted by Crippen LogP contribution is 2.09. The van der Waals surface area contributed by atoms with Crippen molar-refractivity contribution in [2.24, 2.45) is 0 Å². The number of hydrogen-bond acceptors (Lipinski definition) is 4. The quantitative estimate of drug-likeness (QED) is 0.472. The van der Waals surface area contributed by atoms with Crippen molar-refractivity contribution in [2.75, 3.05) is 5.73 Å². The van der Waals surface area contributed by atoms with Crippen LogP contribution in [0.15, 0.2) is 42.2 Å². The van der Waals surface area contributed by atoms with Gasteiger partial charge in [-0.25, -0.2) is 0 Å². The molecule has 0 bridgehead atoms. The van der Waals surface area contributed by atoms with E-state index in [-0.39, 0.29) is 16.8 Å². The first-order chi connectivity index (χ1) is 8.15. The number of amides is 1. The van der Waals surface area contributed by atoms with Gasteiger partial charge in [-0.2, -0.15) is 0 Å². The first-order valence-electron chi connectivity index (χ1n) is 4.92. The molecule has 1 heterocycles. The summed E-state index contributed by atoms with van der Waals surface area (Å²) in [6.07, 6.45) is 5.11. The number of nitrogens with two attached hydrogens (primary N) is 1. The molecule has 1 aliphatic heterocycles. The van der Waals surface area contributed by atoms with E-state index < -0.39 is 0 Å². The van der Waals surface area contributed by atoms with Gasteiger partial charge >= 0.3 is 0 Å². The second-order valence-electron chi connectivity index (χ2n) is 3.40. The Hall–Kier alpha value is -2.14. The molecule has 17 heavy (non-hydrogen) atoms. The summed E-state index contributed by atoms with van der Waals surface area (Å²) in [4.78, 5) is 11.2. The van der Waals surface area contributed by atoms with E-state index in [0.29, 0.717) is 5.69 Å². The van der Waals surface area contributed by atoms with Crippen LogP contribution >= 0.6 is 12.2 Å². The third-order valence-corrected chi connectivity index (χ3v) is 2.30. The third-order valence-electron chi connectivity index (χ3n) is 2.11. The minimum Gasteiger partial charge on any atom is -0.426 e. The number of nitrogens with one attached hydrogen (secondary N) is 1. The topological polar surface area (TPSA) is 64.3 Å². The normalized spacial score (nSPS) is 17.5. The molecule has 86 valence electrons. The molecule has 3 N–H and O–H groups in total. The molecule has 1 aromatic rings. The maximum atomic E-state index is 11.2. The van der Waals surface area contributed by atoms with Crippen molar-refractivity contribution in [1.29, 1.82) is 0 Å². The molecule has 2 rings (SSSR count). The predicted octanol–water partition coefficient (Wildman–Crippen LogP) is 1.60. The summed E-state index contributed by atoms with van der Waals surface area (Å²) in [5.41, 5.74) is 7.26. The van der Waals surface area contributed by atoms with Gasteiger partial charge in [-0.1, -0.05) is 24.3 Å². The van der Waals surface area contributed by atoms with Gasteiger partial charge < -0.3 is 10.5 Å². The maximum Gasteiger partial charge on any atom is 0.294 e. The number of hydrogen-bond donors (Lipinski definition) is 2. The highest BCUT2D eigenvalue weighted by Gasteiger charge is 2.21. The van der Waals surface area contributed by atoms with Crippen molar-refractivity contribution in [1.82, 2.24) is 5.32 Å². The van der Waals surface area contributed by atoms with Crippen molar-refractivity contribution in [3.63, 3.8) is 0 Å². The Morgan fingerprint density at radius 2 is 2.00 bits per heavy atom. The van der Waals surface area contributed by atoms with E-state index in [4.69, 9.17) is 22.7 Å². The molecule has 5 heteroatoms. The molecule has 1 amide bonds. The maximum absolute atomic E-state index is 11.2. The molecule has 1 aliphatic rings. The Labute approximate surface area is 104 Å². The van der Waals surface area contributed by atoms with Gasteiger partial charge in [-0.3, -0.25) is 10.1 Å². The fraction of sp³-hybridized carbons (Fsp3) is 0. The highest BCUT2D eigenvalue weighted by atomic mass is 32.1. The highest BCUT2D eigenvalue weighted by molar-refractivity contribution is 7.80. The summed E-state index contributed by atoms with van der Waals surface area (Å²) in [6.45, 7) is 0. The number of rotatable bonds is 2. The van der Waals surface area contributed by atoms with Crippen LogP contribution in [-0.2, 0) is 9.53 Å². The monoisotopic (exact) mass is 246 g/mol. The summed E-state index contributed by atoms with van der Waals surface area (Å²) < 4.78 is 4.99. The number of allylic oxidation sites excluding steroid dienone is 2. The molecular formula is C12H10N2O2S. The van der Waals surface area contributed by atoms with Crippen LogP contribution in [0.25, 0.3) is 6.08 Å². The van der Waals surface area contributed by atoms with Gasteiger partial charge in [-0.15, -0.1) is 0 Å². The Kier molecular flexibility index (Phi) is 3.20. The molecule has 1 fully saturated rings. The van der Waals surface area contributed by atoms with Gasteiger partial charge in [0.05, 0.1) is 0 Å². The summed E-state index contributed by atoms with van der Waals surface area (Å²) in [7, 11) is 0. The van der Waals surface area contributed by atoms with Crippen molar-refractivity contribution >= 4 is 35.1 Å². The summed E-state index contributed by atoms with van der Waals surface area (Å²) in [6, 6.07) is 7.37. The van der Waals surface area contributed by atoms with Crippen LogP contribution < -0.4 is 11.1 Å². The van der Waals surface area contributed by atoms with Crippen LogP contribution in [-0.4, -0.2) is 11.1 Å². The van der Waals surface area contributed by atoms with E-state index in [1.54, 1.807) is 24.3 Å². The number of nitrogen functional groups attached to an aromatic ring is 1. The van der Waals surface area contributed by atoms with Crippen LogP contribution in [0.4, 0.5) is 5.69 Å². The van der Waals surface area contributed by atoms with E-state index in [1.807, 2.05) is 18.2 Å². The van der Waals surface area contributed by atoms with Crippen LogP contribution in [0.3, 0.4) is 0 Å². The van der Waals surface area contributed by atoms with Crippen LogP contribution in [0.5, 0.6) is 0 Å². The van der Waals surface area contributed by atoms with E-state index in [9.17, 15) is 4.79 Å². The van der Waals surface area contributed by atoms with E-state index >= 15 is 0 Å². The summed E-state index contributed by atoms with van der Waals surface area (Å²) in [5.74, 6) is -0.126. The van der Waals surface area contributed by atoms with E-state index in [1.165, 1.54) is 0 Å². The zero-order valence-corrected chi connectivity index (χ0v) is 9.66. The largest absolute Gasteiger partial charge is 0.426 e. The molecule has 0 spiro atoms. The lowest BCUT2D eigenvalue weighted by Gasteiger charge is -1.94. The number of carbonyl (C=O) groups is 1. The molecule has 0 radical (unpaired) electrons. The predicted molar refractivity (Wildman–Crippen MR) is 69.8 cm³/mol. The average molecular weight is 246 g/mol. The third kappa shape index (κ3) is 2.92. The Morgan fingerprint density at radius 3 is 2.59 bits per heavy atom. The lowest BCUT2D eigenvalue weighted by Crippen LogP contribution is -2.18. The SMILES string of the molecule is Nc1ccc(C=CC=C2OC(=S)NC2=O)cc1. The smallest absolute Gasteiger partial charge is 0.294 e. The molecule has 0 atom stereocenters. The molecule has 0 aliphatic carbocycles. The lowest BCUT2D eigenvalue weighted by molar-refractivity contribution is -0.116. The van der Waals surface area contributed by atoms with Crippen molar-refractivity contribution in [3.8, 4) is 0 Å². The molecule has 1 saturated heterocycles. The molecular weight excluding hydrogens is 236 g/mol. The lowest BCUT2D eigenvalue weighted by atomic mass is 10.2. The Bertz CT molecular complexity index is 518. The first-order valence-corrected chi connectivity index (χ1v) is 5.33. The van der Waals surface area contributed by atoms with Gasteiger partial charge in [0, 0.05) is 5.69 Å². The van der Waals surface area contributed by atoms with Crippen LogP contribution in [0.2, 0.25) is 0 Å². The fourth-order valence-corrected chi connectivity index (χ4v) is 1.47. The van der Waals surface area contributed by atoms with Crippen LogP contribution in [0.1, 0.15) is 5.56 Å². The molecule has 4 nitrogen and oxygen atoms in total. The van der Waals surface area contributed by atoms with Crippen molar-refractivity contribution in [2.45, 2.75) is 0 Å². The Balaban J connectivity index is 2.07. The Morgan fingerprint density at radius 1 is 1.29 bits per heavy atom. The van der Waals surface area contributed by atoms with Crippen molar-refractivity contribution in [3.05, 3.63) is 47.7 Å². The number of anilines is 1. The van der Waals surface area contributed by atoms with Gasteiger partial charge in [0.25, 0.3) is 11.1 Å². The number of carbonyl (C=O) groups excluding carboxylic acids is 1. The van der Waals surface area contributed by atoms with Gasteiger partial charge in [-0.05, 0) is 36.0 Å². The molecule has 0 unspecified atom stereocenters. The van der Waals surface area contributed by atoms with E-state index in [0.717, 1.165) is 5.56 Å². The van der Waals surface area contributed by atoms with Gasteiger partial charge in [0.2, 0.25) is 0 Å². The van der Waals surface area contributed by atoms with Crippen molar-refractivity contribution < 1.29 is 9.53 Å². The van der Waals surface area contributed by atoms with Crippen LogP contribution in [0, 0.1) is 0 Å². The number of benzene rings is 1. The minimum absolute atomic E-state index is 0.0853. The number of thiocarbonyl (C=S) groups is 1. The van der Waals surface area contributed by atoms with Gasteiger partial charge in [0.1, 0.15) is 0 Å². The minimum atomic E-state index is -0.322. The first kappa shape index (κ1) is 11.3. The molecule has 1 aromatic carbocycles. The second kappa shape index (κ2) is 4.80. The standard InChI is InChI=1S/C12H10N2O2S/c13-9-6-4-8(5-7-9)2-1-3-10-11(15)14-12(17)16-10/h1-7H,13H2,(H,14,15,17). The van der Waals surface area contributed by atoms with Gasteiger partial charge in [0.15, 0.2) is 5.76 Å². The molecule has 0 saturated carbocycles. The number of ether oxygens (including phenoxy) is 1. The zero-order valence-electron chi connectivity index (χ0n) is 8.84. The zero-order chi connectivity index (χ0) is 12.3. The molecule has 0 aromatic heterocycles. The average Bonchev–Trinajstić information content (AvgIpc) is 2.60. The summed E-state index contributed by atoms with van der Waals surface area (Å²) in [5, 5.41) is 2.46. The summed E-state index contributed by atoms with van der Waals surface area (Å²) >= 11 is 4.70. The van der Waals surface area contributed by atoms with E-state index in [2.05, 4.69) is 5.32 Å². The second-order valence-corrected chi connectivity index (χ2v) is 3.77.